The molecule has 0 aromatic rings. The quantitative estimate of drug-likeness (QED) is 0.694. The lowest BCUT2D eigenvalue weighted by molar-refractivity contribution is -0.131. The molecule has 20 heavy (non-hydrogen) atoms. The highest BCUT2D eigenvalue weighted by Gasteiger charge is 2.39. The van der Waals surface area contributed by atoms with E-state index in [0.717, 1.165) is 25.5 Å². The smallest absolute Gasteiger partial charge is 0.241 e. The highest BCUT2D eigenvalue weighted by Crippen LogP contribution is 2.28. The third kappa shape index (κ3) is 4.19. The second-order valence-electron chi connectivity index (χ2n) is 7.09. The normalized spacial score (nSPS) is 27.1. The lowest BCUT2D eigenvalue weighted by Crippen LogP contribution is -2.43. The molecule has 1 aliphatic carbocycles. The fraction of sp³-hybridized carbons (Fsp3) is 0.938. The van der Waals surface area contributed by atoms with Crippen molar-refractivity contribution < 1.29 is 9.53 Å². The summed E-state index contributed by atoms with van der Waals surface area (Å²) in [7, 11) is 0. The van der Waals surface area contributed by atoms with Gasteiger partial charge in [-0.3, -0.25) is 10.1 Å². The first-order valence-corrected chi connectivity index (χ1v) is 8.13. The summed E-state index contributed by atoms with van der Waals surface area (Å²) in [5, 5.41) is 3.50. The number of carbonyl (C=O) groups is 1. The molecule has 1 saturated carbocycles. The first kappa shape index (κ1) is 15.8. The molecule has 116 valence electrons. The van der Waals surface area contributed by atoms with E-state index in [1.165, 1.54) is 12.8 Å². The number of hydrogen-bond donors (Lipinski definition) is 1. The molecule has 2 fully saturated rings. The molecule has 4 nitrogen and oxygen atoms in total. The predicted octanol–water partition coefficient (Wildman–Crippen LogP) is 2.24. The van der Waals surface area contributed by atoms with Crippen LogP contribution in [0.5, 0.6) is 0 Å². The minimum atomic E-state index is -0.00849. The van der Waals surface area contributed by atoms with Crippen molar-refractivity contribution in [3.8, 4) is 0 Å². The van der Waals surface area contributed by atoms with Gasteiger partial charge in [-0.05, 0) is 37.0 Å². The summed E-state index contributed by atoms with van der Waals surface area (Å²) in [6.07, 6.45) is 3.71. The van der Waals surface area contributed by atoms with E-state index in [-0.39, 0.29) is 18.1 Å². The van der Waals surface area contributed by atoms with E-state index in [9.17, 15) is 4.79 Å². The first-order valence-electron chi connectivity index (χ1n) is 8.13. The summed E-state index contributed by atoms with van der Waals surface area (Å²) in [5.41, 5.74) is 0. The van der Waals surface area contributed by atoms with Crippen molar-refractivity contribution in [2.75, 3.05) is 19.8 Å². The zero-order valence-electron chi connectivity index (χ0n) is 13.4. The lowest BCUT2D eigenvalue weighted by atomic mass is 10.0. The molecule has 1 saturated heterocycles. The molecule has 1 N–H and O–H groups in total. The zero-order chi connectivity index (χ0) is 14.7. The standard InChI is InChI=1S/C16H30N2O2/c1-11(2)9-14-16(19)18(15(17-14)12(3)4)7-8-20-10-13-5-6-13/h11-15,17H,5-10H2,1-4H3. The highest BCUT2D eigenvalue weighted by molar-refractivity contribution is 5.84. The van der Waals surface area contributed by atoms with E-state index in [1.807, 2.05) is 4.90 Å². The Morgan fingerprint density at radius 3 is 2.55 bits per heavy atom. The summed E-state index contributed by atoms with van der Waals surface area (Å²) in [6.45, 7) is 10.9. The SMILES string of the molecule is CC(C)CC1NC(C(C)C)N(CCOCC2CC2)C1=O. The van der Waals surface area contributed by atoms with E-state index in [1.54, 1.807) is 0 Å². The van der Waals surface area contributed by atoms with Crippen LogP contribution in [-0.2, 0) is 9.53 Å². The molecule has 0 radical (unpaired) electrons. The van der Waals surface area contributed by atoms with Gasteiger partial charge in [-0.2, -0.15) is 0 Å². The van der Waals surface area contributed by atoms with Crippen LogP contribution < -0.4 is 5.32 Å². The predicted molar refractivity (Wildman–Crippen MR) is 80.3 cm³/mol. The Balaban J connectivity index is 1.83. The molecule has 2 aliphatic rings. The summed E-state index contributed by atoms with van der Waals surface area (Å²) < 4.78 is 5.69. The Morgan fingerprint density at radius 1 is 1.30 bits per heavy atom. The molecule has 1 heterocycles. The van der Waals surface area contributed by atoms with Crippen LogP contribution in [0, 0.1) is 17.8 Å². The number of amides is 1. The van der Waals surface area contributed by atoms with Crippen LogP contribution in [-0.4, -0.2) is 42.8 Å². The lowest BCUT2D eigenvalue weighted by Gasteiger charge is -2.27. The van der Waals surface area contributed by atoms with E-state index in [0.29, 0.717) is 18.4 Å². The minimum Gasteiger partial charge on any atom is -0.379 e. The van der Waals surface area contributed by atoms with Crippen molar-refractivity contribution in [3.63, 3.8) is 0 Å². The monoisotopic (exact) mass is 282 g/mol. The molecule has 0 spiro atoms. The Labute approximate surface area is 123 Å². The molecule has 4 heteroatoms. The van der Waals surface area contributed by atoms with Gasteiger partial charge >= 0.3 is 0 Å². The van der Waals surface area contributed by atoms with E-state index in [2.05, 4.69) is 33.0 Å². The van der Waals surface area contributed by atoms with E-state index in [4.69, 9.17) is 4.74 Å². The van der Waals surface area contributed by atoms with Gasteiger partial charge in [0, 0.05) is 13.2 Å². The van der Waals surface area contributed by atoms with Crippen molar-refractivity contribution >= 4 is 5.91 Å². The van der Waals surface area contributed by atoms with E-state index < -0.39 is 0 Å². The largest absolute Gasteiger partial charge is 0.379 e. The molecule has 0 aromatic heterocycles. The number of nitrogens with zero attached hydrogens (tertiary/aromatic N) is 1. The van der Waals surface area contributed by atoms with Crippen LogP contribution in [0.2, 0.25) is 0 Å². The van der Waals surface area contributed by atoms with Crippen molar-refractivity contribution in [1.82, 2.24) is 10.2 Å². The number of nitrogens with one attached hydrogen (secondary N) is 1. The second kappa shape index (κ2) is 6.90. The van der Waals surface area contributed by atoms with Crippen molar-refractivity contribution in [1.29, 1.82) is 0 Å². The topological polar surface area (TPSA) is 41.6 Å². The summed E-state index contributed by atoms with van der Waals surface area (Å²) >= 11 is 0. The van der Waals surface area contributed by atoms with Gasteiger partial charge in [0.15, 0.2) is 0 Å². The second-order valence-corrected chi connectivity index (χ2v) is 7.09. The number of hydrogen-bond acceptors (Lipinski definition) is 3. The zero-order valence-corrected chi connectivity index (χ0v) is 13.4. The van der Waals surface area contributed by atoms with Gasteiger partial charge < -0.3 is 9.64 Å². The average Bonchev–Trinajstić information content (AvgIpc) is 3.13. The molecular weight excluding hydrogens is 252 g/mol. The molecule has 2 unspecified atom stereocenters. The molecule has 0 bridgehead atoms. The van der Waals surface area contributed by atoms with Gasteiger partial charge in [0.05, 0.1) is 18.8 Å². The van der Waals surface area contributed by atoms with Gasteiger partial charge in [0.1, 0.15) is 0 Å². The van der Waals surface area contributed by atoms with Gasteiger partial charge in [-0.25, -0.2) is 0 Å². The number of rotatable bonds is 8. The Hall–Kier alpha value is -0.610. The molecule has 1 amide bonds. The number of ether oxygens (including phenoxy) is 1. The van der Waals surface area contributed by atoms with Crippen molar-refractivity contribution in [3.05, 3.63) is 0 Å². The first-order chi connectivity index (χ1) is 9.49. The van der Waals surface area contributed by atoms with Crippen LogP contribution in [0.1, 0.15) is 47.0 Å². The van der Waals surface area contributed by atoms with Crippen LogP contribution in [0.15, 0.2) is 0 Å². The maximum absolute atomic E-state index is 12.5. The molecule has 1 aliphatic heterocycles. The third-order valence-corrected chi connectivity index (χ3v) is 4.15. The Kier molecular flexibility index (Phi) is 5.44. The van der Waals surface area contributed by atoms with E-state index >= 15 is 0 Å². The fourth-order valence-electron chi connectivity index (χ4n) is 2.84. The molecule has 0 aromatic carbocycles. The van der Waals surface area contributed by atoms with Crippen LogP contribution in [0.25, 0.3) is 0 Å². The Morgan fingerprint density at radius 2 is 2.00 bits per heavy atom. The molecule has 2 rings (SSSR count). The van der Waals surface area contributed by atoms with Crippen molar-refractivity contribution in [2.45, 2.75) is 59.2 Å². The third-order valence-electron chi connectivity index (χ3n) is 4.15. The molecule has 2 atom stereocenters. The van der Waals surface area contributed by atoms with Crippen molar-refractivity contribution in [2.24, 2.45) is 17.8 Å². The van der Waals surface area contributed by atoms with Crippen LogP contribution in [0.4, 0.5) is 0 Å². The van der Waals surface area contributed by atoms with Crippen LogP contribution >= 0.6 is 0 Å². The average molecular weight is 282 g/mol. The number of carbonyl (C=O) groups excluding carboxylic acids is 1. The molecular formula is C16H30N2O2. The van der Waals surface area contributed by atoms with Crippen LogP contribution in [0.3, 0.4) is 0 Å². The highest BCUT2D eigenvalue weighted by atomic mass is 16.5. The summed E-state index contributed by atoms with van der Waals surface area (Å²) in [5.74, 6) is 2.01. The Bertz CT molecular complexity index is 326. The summed E-state index contributed by atoms with van der Waals surface area (Å²) in [4.78, 5) is 14.5. The maximum Gasteiger partial charge on any atom is 0.241 e. The summed E-state index contributed by atoms with van der Waals surface area (Å²) in [6, 6.07) is -0.00849. The van der Waals surface area contributed by atoms with Gasteiger partial charge in [0.25, 0.3) is 0 Å². The van der Waals surface area contributed by atoms with Gasteiger partial charge in [-0.1, -0.05) is 27.7 Å². The minimum absolute atomic E-state index is 0.00849. The van der Waals surface area contributed by atoms with Gasteiger partial charge in [0.2, 0.25) is 5.91 Å². The fourth-order valence-corrected chi connectivity index (χ4v) is 2.84. The maximum atomic E-state index is 12.5. The van der Waals surface area contributed by atoms with Gasteiger partial charge in [-0.15, -0.1) is 0 Å².